The molecule has 1 atom stereocenters. The largest absolute Gasteiger partial charge is 0.317 e. The van der Waals surface area contributed by atoms with Gasteiger partial charge in [0.05, 0.1) is 5.56 Å². The van der Waals surface area contributed by atoms with Crippen LogP contribution in [0.25, 0.3) is 0 Å². The van der Waals surface area contributed by atoms with Gasteiger partial charge in [0.25, 0.3) is 0 Å². The Kier molecular flexibility index (Phi) is 6.01. The number of carbonyl (C=O) groups excluding carboxylic acids is 1. The van der Waals surface area contributed by atoms with E-state index in [9.17, 15) is 10.1 Å². The molecule has 1 aliphatic heterocycles. The van der Waals surface area contributed by atoms with E-state index in [0.29, 0.717) is 18.0 Å². The van der Waals surface area contributed by atoms with Gasteiger partial charge in [-0.3, -0.25) is 9.69 Å². The summed E-state index contributed by atoms with van der Waals surface area (Å²) in [6, 6.07) is 10.7. The third-order valence-corrected chi connectivity index (χ3v) is 7.40. The molecule has 1 saturated heterocycles. The highest BCUT2D eigenvalue weighted by molar-refractivity contribution is 7.16. The van der Waals surface area contributed by atoms with Crippen LogP contribution < -0.4 is 5.32 Å². The highest BCUT2D eigenvalue weighted by Gasteiger charge is 2.26. The number of nitrogens with zero attached hydrogens (tertiary/aromatic N) is 2. The molecule has 2 aromatic rings. The van der Waals surface area contributed by atoms with E-state index >= 15 is 0 Å². The summed E-state index contributed by atoms with van der Waals surface area (Å²) in [4.78, 5) is 16.2. The number of hydrogen-bond donors (Lipinski definition) is 1. The number of hydrogen-bond acceptors (Lipinski definition) is 4. The molecule has 2 aliphatic rings. The minimum absolute atomic E-state index is 0.000169. The van der Waals surface area contributed by atoms with Gasteiger partial charge in [-0.1, -0.05) is 29.8 Å². The van der Waals surface area contributed by atoms with Crippen molar-refractivity contribution in [3.63, 3.8) is 0 Å². The average molecular weight is 414 g/mol. The molecule has 146 valence electrons. The molecular formula is C22H24ClN3OS. The molecule has 0 saturated carbocycles. The van der Waals surface area contributed by atoms with Crippen molar-refractivity contribution in [3.05, 3.63) is 50.9 Å². The van der Waals surface area contributed by atoms with Gasteiger partial charge in [-0.05, 0) is 62.3 Å². The quantitative estimate of drug-likeness (QED) is 0.740. The van der Waals surface area contributed by atoms with Crippen molar-refractivity contribution in [2.45, 2.75) is 51.0 Å². The van der Waals surface area contributed by atoms with Crippen molar-refractivity contribution in [3.8, 4) is 6.07 Å². The van der Waals surface area contributed by atoms with Crippen LogP contribution in [0.2, 0.25) is 5.02 Å². The van der Waals surface area contributed by atoms with Gasteiger partial charge in [0.1, 0.15) is 11.1 Å². The minimum Gasteiger partial charge on any atom is -0.317 e. The topological polar surface area (TPSA) is 56.1 Å². The summed E-state index contributed by atoms with van der Waals surface area (Å²) in [5.41, 5.74) is 3.02. The Bertz CT molecular complexity index is 917. The number of aryl methyl sites for hydroxylation is 1. The molecule has 0 radical (unpaired) electrons. The maximum Gasteiger partial charge on any atom is 0.226 e. The maximum atomic E-state index is 12.5. The Balaban J connectivity index is 1.33. The molecule has 0 spiro atoms. The Morgan fingerprint density at radius 2 is 2.18 bits per heavy atom. The van der Waals surface area contributed by atoms with Gasteiger partial charge in [-0.2, -0.15) is 5.26 Å². The van der Waals surface area contributed by atoms with Crippen LogP contribution in [-0.4, -0.2) is 29.9 Å². The molecule has 2 heterocycles. The zero-order chi connectivity index (χ0) is 19.5. The number of nitriles is 1. The zero-order valence-corrected chi connectivity index (χ0v) is 17.4. The summed E-state index contributed by atoms with van der Waals surface area (Å²) >= 11 is 7.90. The van der Waals surface area contributed by atoms with Crippen LogP contribution >= 0.6 is 22.9 Å². The summed E-state index contributed by atoms with van der Waals surface area (Å²) in [5.74, 6) is -0.000169. The molecule has 1 amide bonds. The lowest BCUT2D eigenvalue weighted by molar-refractivity contribution is -0.116. The smallest absolute Gasteiger partial charge is 0.226 e. The van der Waals surface area contributed by atoms with Crippen molar-refractivity contribution in [1.29, 1.82) is 5.26 Å². The summed E-state index contributed by atoms with van der Waals surface area (Å²) in [7, 11) is 0. The van der Waals surface area contributed by atoms with E-state index in [1.165, 1.54) is 10.4 Å². The predicted molar refractivity (Wildman–Crippen MR) is 114 cm³/mol. The zero-order valence-electron chi connectivity index (χ0n) is 15.8. The second-order valence-electron chi connectivity index (χ2n) is 7.60. The van der Waals surface area contributed by atoms with Crippen molar-refractivity contribution in [1.82, 2.24) is 4.90 Å². The number of halogens is 1. The summed E-state index contributed by atoms with van der Waals surface area (Å²) in [5, 5.41) is 14.0. The standard InChI is InChI=1S/C22H24ClN3OS/c23-19-8-2-1-5-15(19)13-16-6-4-11-26(16)12-10-21(27)25-22-18(14-24)17-7-3-9-20(17)28-22/h1-2,5,8,16H,3-4,6-7,9-13H2,(H,25,27)/t16-/m0/s1. The fourth-order valence-corrected chi connectivity index (χ4v) is 5.85. The molecule has 1 aromatic carbocycles. The van der Waals surface area contributed by atoms with Crippen molar-refractivity contribution < 1.29 is 4.79 Å². The minimum atomic E-state index is -0.000169. The molecule has 6 heteroatoms. The number of rotatable bonds is 6. The van der Waals surface area contributed by atoms with Crippen LogP contribution in [0.3, 0.4) is 0 Å². The van der Waals surface area contributed by atoms with Gasteiger partial charge in [-0.15, -0.1) is 11.3 Å². The lowest BCUT2D eigenvalue weighted by Gasteiger charge is -2.24. The Morgan fingerprint density at radius 1 is 1.32 bits per heavy atom. The molecule has 1 aromatic heterocycles. The number of thiophene rings is 1. The number of likely N-dealkylation sites (tertiary alicyclic amines) is 1. The molecule has 4 nitrogen and oxygen atoms in total. The van der Waals surface area contributed by atoms with Crippen LogP contribution in [0.5, 0.6) is 0 Å². The molecule has 4 rings (SSSR count). The van der Waals surface area contributed by atoms with Gasteiger partial charge in [-0.25, -0.2) is 0 Å². The number of nitrogens with one attached hydrogen (secondary N) is 1. The van der Waals surface area contributed by atoms with Crippen LogP contribution in [0.15, 0.2) is 24.3 Å². The van der Waals surface area contributed by atoms with Crippen LogP contribution in [0, 0.1) is 11.3 Å². The van der Waals surface area contributed by atoms with E-state index in [-0.39, 0.29) is 5.91 Å². The Hall–Kier alpha value is -1.87. The Morgan fingerprint density at radius 3 is 3.00 bits per heavy atom. The van der Waals surface area contributed by atoms with Crippen LogP contribution in [-0.2, 0) is 24.1 Å². The van der Waals surface area contributed by atoms with E-state index in [0.717, 1.165) is 67.2 Å². The fraction of sp³-hybridized carbons (Fsp3) is 0.455. The fourth-order valence-electron chi connectivity index (χ4n) is 4.38. The number of carbonyl (C=O) groups is 1. The number of anilines is 1. The molecule has 1 N–H and O–H groups in total. The van der Waals surface area contributed by atoms with E-state index in [2.05, 4.69) is 22.4 Å². The summed E-state index contributed by atoms with van der Waals surface area (Å²) < 4.78 is 0. The number of fused-ring (bicyclic) bond motifs is 1. The van der Waals surface area contributed by atoms with Crippen molar-refractivity contribution in [2.24, 2.45) is 0 Å². The van der Waals surface area contributed by atoms with E-state index < -0.39 is 0 Å². The number of amides is 1. The molecule has 1 aliphatic carbocycles. The van der Waals surface area contributed by atoms with Crippen LogP contribution in [0.1, 0.15) is 47.3 Å². The molecular weight excluding hydrogens is 390 g/mol. The van der Waals surface area contributed by atoms with Gasteiger partial charge in [0.15, 0.2) is 0 Å². The summed E-state index contributed by atoms with van der Waals surface area (Å²) in [6.45, 7) is 1.77. The predicted octanol–water partition coefficient (Wildman–Crippen LogP) is 4.80. The third-order valence-electron chi connectivity index (χ3n) is 5.82. The number of benzene rings is 1. The van der Waals surface area contributed by atoms with Gasteiger partial charge < -0.3 is 5.32 Å². The first-order chi connectivity index (χ1) is 13.7. The third kappa shape index (κ3) is 4.10. The first-order valence-electron chi connectivity index (χ1n) is 9.97. The lowest BCUT2D eigenvalue weighted by Crippen LogP contribution is -2.33. The molecule has 0 bridgehead atoms. The van der Waals surface area contributed by atoms with Crippen molar-refractivity contribution >= 4 is 33.8 Å². The van der Waals surface area contributed by atoms with Gasteiger partial charge in [0, 0.05) is 28.9 Å². The molecule has 0 unspecified atom stereocenters. The first-order valence-corrected chi connectivity index (χ1v) is 11.2. The lowest BCUT2D eigenvalue weighted by atomic mass is 10.0. The van der Waals surface area contributed by atoms with E-state index in [1.807, 2.05) is 18.2 Å². The SMILES string of the molecule is N#Cc1c(NC(=O)CCN2CCC[C@H]2Cc2ccccc2Cl)sc2c1CCC2. The Labute approximate surface area is 175 Å². The highest BCUT2D eigenvalue weighted by Crippen LogP contribution is 2.38. The summed E-state index contributed by atoms with van der Waals surface area (Å²) in [6.07, 6.45) is 6.79. The normalized spacial score (nSPS) is 18.8. The van der Waals surface area contributed by atoms with Gasteiger partial charge >= 0.3 is 0 Å². The maximum absolute atomic E-state index is 12.5. The van der Waals surface area contributed by atoms with E-state index in [4.69, 9.17) is 11.6 Å². The van der Waals surface area contributed by atoms with E-state index in [1.54, 1.807) is 11.3 Å². The van der Waals surface area contributed by atoms with Crippen LogP contribution in [0.4, 0.5) is 5.00 Å². The second-order valence-corrected chi connectivity index (χ2v) is 9.11. The van der Waals surface area contributed by atoms with Gasteiger partial charge in [0.2, 0.25) is 5.91 Å². The molecule has 28 heavy (non-hydrogen) atoms. The highest BCUT2D eigenvalue weighted by atomic mass is 35.5. The average Bonchev–Trinajstić information content (AvgIpc) is 3.38. The monoisotopic (exact) mass is 413 g/mol. The van der Waals surface area contributed by atoms with Crippen molar-refractivity contribution in [2.75, 3.05) is 18.4 Å². The first kappa shape index (κ1) is 19.4. The second kappa shape index (κ2) is 8.65. The molecule has 1 fully saturated rings.